The number of hydrogen-bond acceptors (Lipinski definition) is 3. The quantitative estimate of drug-likeness (QED) is 0.564. The van der Waals surface area contributed by atoms with E-state index in [1.165, 1.54) is 22.2 Å². The minimum atomic E-state index is -0.868. The lowest BCUT2D eigenvalue weighted by molar-refractivity contribution is -0.121. The van der Waals surface area contributed by atoms with Crippen LogP contribution in [0.4, 0.5) is 20.2 Å². The highest BCUT2D eigenvalue weighted by Crippen LogP contribution is 2.31. The Morgan fingerprint density at radius 1 is 0.914 bits per heavy atom. The summed E-state index contributed by atoms with van der Waals surface area (Å²) in [6.45, 7) is 2.35. The molecule has 0 aliphatic carbocycles. The molecular formula is C28H27F2N3O2. The van der Waals surface area contributed by atoms with E-state index in [4.69, 9.17) is 0 Å². The SMILES string of the molecule is O=C(Nc1ccccc1CN1CCc2ccccc21)C1CCN(C(=O)c2ccc(F)cc2F)CC1. The van der Waals surface area contributed by atoms with Crippen molar-refractivity contribution in [3.63, 3.8) is 0 Å². The molecule has 2 aliphatic heterocycles. The molecule has 0 bridgehead atoms. The van der Waals surface area contributed by atoms with Crippen LogP contribution in [0.2, 0.25) is 0 Å². The Bertz CT molecular complexity index is 1250. The average molecular weight is 476 g/mol. The van der Waals surface area contributed by atoms with E-state index < -0.39 is 17.5 Å². The average Bonchev–Trinajstić information content (AvgIpc) is 3.28. The molecule has 35 heavy (non-hydrogen) atoms. The van der Waals surface area contributed by atoms with Crippen LogP contribution >= 0.6 is 0 Å². The first-order chi connectivity index (χ1) is 17.0. The lowest BCUT2D eigenvalue weighted by Crippen LogP contribution is -2.41. The fraction of sp³-hybridized carbons (Fsp3) is 0.286. The number of para-hydroxylation sites is 2. The van der Waals surface area contributed by atoms with E-state index in [2.05, 4.69) is 28.4 Å². The van der Waals surface area contributed by atoms with Crippen molar-refractivity contribution in [3.05, 3.63) is 95.1 Å². The third-order valence-electron chi connectivity index (χ3n) is 6.93. The van der Waals surface area contributed by atoms with Crippen molar-refractivity contribution in [1.82, 2.24) is 4.90 Å². The first kappa shape index (κ1) is 23.0. The molecule has 7 heteroatoms. The van der Waals surface area contributed by atoms with Crippen molar-refractivity contribution in [1.29, 1.82) is 0 Å². The van der Waals surface area contributed by atoms with Crippen molar-refractivity contribution in [2.75, 3.05) is 29.9 Å². The second-order valence-electron chi connectivity index (χ2n) is 9.14. The van der Waals surface area contributed by atoms with Crippen molar-refractivity contribution >= 4 is 23.2 Å². The highest BCUT2D eigenvalue weighted by Gasteiger charge is 2.29. The van der Waals surface area contributed by atoms with E-state index in [0.29, 0.717) is 38.5 Å². The summed E-state index contributed by atoms with van der Waals surface area (Å²) < 4.78 is 27.2. The summed E-state index contributed by atoms with van der Waals surface area (Å²) in [4.78, 5) is 29.6. The van der Waals surface area contributed by atoms with Gasteiger partial charge >= 0.3 is 0 Å². The highest BCUT2D eigenvalue weighted by molar-refractivity contribution is 5.96. The Balaban J connectivity index is 1.20. The number of benzene rings is 3. The normalized spacial score (nSPS) is 15.7. The smallest absolute Gasteiger partial charge is 0.256 e. The number of fused-ring (bicyclic) bond motifs is 1. The van der Waals surface area contributed by atoms with Gasteiger partial charge in [0.25, 0.3) is 5.91 Å². The number of amides is 2. The van der Waals surface area contributed by atoms with Gasteiger partial charge in [0, 0.05) is 49.5 Å². The number of piperidine rings is 1. The lowest BCUT2D eigenvalue weighted by Gasteiger charge is -2.31. The molecule has 3 aromatic carbocycles. The van der Waals surface area contributed by atoms with Gasteiger partial charge in [-0.1, -0.05) is 36.4 Å². The fourth-order valence-corrected chi connectivity index (χ4v) is 4.97. The summed E-state index contributed by atoms with van der Waals surface area (Å²) in [6.07, 6.45) is 1.99. The summed E-state index contributed by atoms with van der Waals surface area (Å²) in [5.41, 5.74) is 4.29. The molecule has 2 heterocycles. The maximum atomic E-state index is 14.0. The number of carbonyl (C=O) groups is 2. The number of carbonyl (C=O) groups excluding carboxylic acids is 2. The molecule has 1 fully saturated rings. The van der Waals surface area contributed by atoms with E-state index in [1.54, 1.807) is 0 Å². The van der Waals surface area contributed by atoms with Gasteiger partial charge in [0.1, 0.15) is 11.6 Å². The number of hydrogen-bond donors (Lipinski definition) is 1. The van der Waals surface area contributed by atoms with E-state index in [1.807, 2.05) is 30.3 Å². The van der Waals surface area contributed by atoms with Gasteiger partial charge in [-0.2, -0.15) is 0 Å². The molecule has 0 atom stereocenters. The molecule has 0 unspecified atom stereocenters. The number of halogens is 2. The largest absolute Gasteiger partial charge is 0.367 e. The van der Waals surface area contributed by atoms with Crippen molar-refractivity contribution in [2.45, 2.75) is 25.8 Å². The van der Waals surface area contributed by atoms with Gasteiger partial charge in [0.15, 0.2) is 0 Å². The predicted octanol–water partition coefficient (Wildman–Crippen LogP) is 5.02. The van der Waals surface area contributed by atoms with E-state index >= 15 is 0 Å². The van der Waals surface area contributed by atoms with Crippen LogP contribution < -0.4 is 10.2 Å². The molecule has 5 rings (SSSR count). The lowest BCUT2D eigenvalue weighted by atomic mass is 9.95. The molecule has 5 nitrogen and oxygen atoms in total. The number of likely N-dealkylation sites (tertiary alicyclic amines) is 1. The Morgan fingerprint density at radius 2 is 1.66 bits per heavy atom. The summed E-state index contributed by atoms with van der Waals surface area (Å²) in [5.74, 6) is -2.37. The second kappa shape index (κ2) is 9.86. The zero-order chi connectivity index (χ0) is 24.4. The van der Waals surface area contributed by atoms with Gasteiger partial charge in [-0.05, 0) is 54.7 Å². The third-order valence-corrected chi connectivity index (χ3v) is 6.93. The fourth-order valence-electron chi connectivity index (χ4n) is 4.97. The third kappa shape index (κ3) is 4.90. The number of rotatable bonds is 5. The maximum Gasteiger partial charge on any atom is 0.256 e. The molecule has 1 saturated heterocycles. The van der Waals surface area contributed by atoms with Crippen LogP contribution in [-0.2, 0) is 17.8 Å². The summed E-state index contributed by atoms with van der Waals surface area (Å²) in [5, 5.41) is 3.10. The molecule has 0 aromatic heterocycles. The molecule has 3 aromatic rings. The van der Waals surface area contributed by atoms with Crippen LogP contribution in [0.1, 0.15) is 34.3 Å². The molecule has 2 amide bonds. The van der Waals surface area contributed by atoms with E-state index in [9.17, 15) is 18.4 Å². The van der Waals surface area contributed by atoms with Gasteiger partial charge in [-0.25, -0.2) is 8.78 Å². The number of anilines is 2. The zero-order valence-electron chi connectivity index (χ0n) is 19.3. The van der Waals surface area contributed by atoms with Crippen LogP contribution in [0.15, 0.2) is 66.7 Å². The molecule has 1 N–H and O–H groups in total. The minimum absolute atomic E-state index is 0.0701. The number of nitrogens with one attached hydrogen (secondary N) is 1. The molecule has 0 radical (unpaired) electrons. The summed E-state index contributed by atoms with van der Waals surface area (Å²) in [7, 11) is 0. The Morgan fingerprint density at radius 3 is 2.46 bits per heavy atom. The van der Waals surface area contributed by atoms with Crippen LogP contribution in [0, 0.1) is 17.6 Å². The summed E-state index contributed by atoms with van der Waals surface area (Å²) in [6, 6.07) is 19.2. The predicted molar refractivity (Wildman–Crippen MR) is 131 cm³/mol. The van der Waals surface area contributed by atoms with Gasteiger partial charge in [0.2, 0.25) is 5.91 Å². The van der Waals surface area contributed by atoms with E-state index in [0.717, 1.165) is 30.3 Å². The Kier molecular flexibility index (Phi) is 6.49. The standard InChI is InChI=1S/C28H27F2N3O2/c29-22-9-10-23(24(30)17-22)28(35)32-14-12-20(13-15-32)27(34)31-25-7-3-1-6-21(25)18-33-16-11-19-5-2-4-8-26(19)33/h1-10,17,20H,11-16,18H2,(H,31,34). The minimum Gasteiger partial charge on any atom is -0.367 e. The highest BCUT2D eigenvalue weighted by atomic mass is 19.1. The van der Waals surface area contributed by atoms with Gasteiger partial charge < -0.3 is 15.1 Å². The van der Waals surface area contributed by atoms with Crippen LogP contribution in [-0.4, -0.2) is 36.3 Å². The molecular weight excluding hydrogens is 448 g/mol. The maximum absolute atomic E-state index is 14.0. The second-order valence-corrected chi connectivity index (χ2v) is 9.14. The van der Waals surface area contributed by atoms with Crippen LogP contribution in [0.5, 0.6) is 0 Å². The summed E-state index contributed by atoms with van der Waals surface area (Å²) >= 11 is 0. The first-order valence-corrected chi connectivity index (χ1v) is 12.0. The molecule has 2 aliphatic rings. The molecule has 0 saturated carbocycles. The van der Waals surface area contributed by atoms with Gasteiger partial charge in [-0.15, -0.1) is 0 Å². The van der Waals surface area contributed by atoms with Crippen molar-refractivity contribution < 1.29 is 18.4 Å². The van der Waals surface area contributed by atoms with Gasteiger partial charge in [-0.3, -0.25) is 9.59 Å². The van der Waals surface area contributed by atoms with Crippen LogP contribution in [0.25, 0.3) is 0 Å². The van der Waals surface area contributed by atoms with Gasteiger partial charge in [0.05, 0.1) is 5.56 Å². The topological polar surface area (TPSA) is 52.7 Å². The van der Waals surface area contributed by atoms with Crippen molar-refractivity contribution in [3.8, 4) is 0 Å². The van der Waals surface area contributed by atoms with Crippen molar-refractivity contribution in [2.24, 2.45) is 5.92 Å². The Hall–Kier alpha value is -3.74. The number of nitrogens with zero attached hydrogens (tertiary/aromatic N) is 2. The van der Waals surface area contributed by atoms with E-state index in [-0.39, 0.29) is 17.4 Å². The monoisotopic (exact) mass is 475 g/mol. The first-order valence-electron chi connectivity index (χ1n) is 12.0. The van der Waals surface area contributed by atoms with Crippen LogP contribution in [0.3, 0.4) is 0 Å². The zero-order valence-corrected chi connectivity index (χ0v) is 19.3. The molecule has 180 valence electrons. The molecule has 0 spiro atoms. The Labute approximate surface area is 203 Å².